The molecule has 0 radical (unpaired) electrons. The fourth-order valence-electron chi connectivity index (χ4n) is 1.47. The van der Waals surface area contributed by atoms with Crippen molar-refractivity contribution in [3.63, 3.8) is 0 Å². The molecule has 0 saturated heterocycles. The van der Waals surface area contributed by atoms with Crippen molar-refractivity contribution in [2.45, 2.75) is 6.54 Å². The number of aromatic nitrogens is 1. The largest absolute Gasteiger partial charge is 0.255 e. The Kier molecular flexibility index (Phi) is 4.15. The van der Waals surface area contributed by atoms with Gasteiger partial charge in [0.25, 0.3) is 5.16 Å². The zero-order valence-electron chi connectivity index (χ0n) is 9.01. The minimum Gasteiger partial charge on any atom is -0.255 e. The van der Waals surface area contributed by atoms with Gasteiger partial charge in [-0.15, -0.1) is 4.58 Å². The normalized spacial score (nSPS) is 9.71. The van der Waals surface area contributed by atoms with Gasteiger partial charge in [0, 0.05) is 35.0 Å². The second-order valence-electron chi connectivity index (χ2n) is 3.48. The van der Waals surface area contributed by atoms with Crippen LogP contribution in [0.4, 0.5) is 5.69 Å². The van der Waals surface area contributed by atoms with Crippen LogP contribution in [0.5, 0.6) is 0 Å². The molecule has 1 heterocycles. The summed E-state index contributed by atoms with van der Waals surface area (Å²) in [5.74, 6) is 0. The second kappa shape index (κ2) is 5.82. The molecule has 84 valence electrons. The molecule has 0 amide bonds. The lowest BCUT2D eigenvalue weighted by atomic mass is 10.3. The van der Waals surface area contributed by atoms with E-state index in [-0.39, 0.29) is 0 Å². The molecule has 0 N–H and O–H groups in total. The molecule has 0 atom stereocenters. The van der Waals surface area contributed by atoms with E-state index in [1.165, 1.54) is 0 Å². The summed E-state index contributed by atoms with van der Waals surface area (Å²) in [5.41, 5.74) is 1.96. The maximum Gasteiger partial charge on any atom is 0.255 e. The van der Waals surface area contributed by atoms with Crippen molar-refractivity contribution >= 4 is 39.0 Å². The summed E-state index contributed by atoms with van der Waals surface area (Å²) >= 11 is 8.37. The summed E-state index contributed by atoms with van der Waals surface area (Å²) in [6, 6.07) is 13.8. The van der Waals surface area contributed by atoms with E-state index in [1.54, 1.807) is 6.20 Å². The van der Waals surface area contributed by atoms with E-state index in [1.807, 2.05) is 47.0 Å². The Hall–Kier alpha value is -1.35. The molecule has 0 aliphatic heterocycles. The van der Waals surface area contributed by atoms with Crippen molar-refractivity contribution in [3.8, 4) is 0 Å². The van der Waals surface area contributed by atoms with E-state index in [2.05, 4.69) is 26.1 Å². The Bertz CT molecular complexity index is 563. The fourth-order valence-corrected chi connectivity index (χ4v) is 2.03. The minimum absolute atomic E-state index is 0.626. The molecule has 0 aliphatic carbocycles. The highest BCUT2D eigenvalue weighted by molar-refractivity contribution is 9.10. The number of pyridine rings is 1. The fraction of sp³-hybridized carbons (Fsp3) is 0.0769. The standard InChI is InChI=1S/C13H10BrN2S/c14-11-4-3-6-13(8-11)16(10-17)9-12-5-1-2-7-15-12/h1-8H,9H2/q+1. The van der Waals surface area contributed by atoms with Gasteiger partial charge in [0.1, 0.15) is 5.69 Å². The number of thiocarbonyl (C=S) groups is 1. The zero-order chi connectivity index (χ0) is 12.1. The zero-order valence-corrected chi connectivity index (χ0v) is 11.4. The molecule has 2 aromatic rings. The Morgan fingerprint density at radius 2 is 2.12 bits per heavy atom. The van der Waals surface area contributed by atoms with E-state index in [9.17, 15) is 0 Å². The number of hydrogen-bond acceptors (Lipinski definition) is 2. The monoisotopic (exact) mass is 305 g/mol. The predicted molar refractivity (Wildman–Crippen MR) is 74.6 cm³/mol. The molecule has 0 unspecified atom stereocenters. The Morgan fingerprint density at radius 3 is 2.76 bits per heavy atom. The van der Waals surface area contributed by atoms with Gasteiger partial charge < -0.3 is 0 Å². The molecule has 17 heavy (non-hydrogen) atoms. The topological polar surface area (TPSA) is 15.9 Å². The van der Waals surface area contributed by atoms with Crippen LogP contribution in [0.25, 0.3) is 0 Å². The predicted octanol–water partition coefficient (Wildman–Crippen LogP) is 3.79. The molecule has 0 bridgehead atoms. The maximum absolute atomic E-state index is 4.93. The van der Waals surface area contributed by atoms with Crippen LogP contribution in [0.15, 0.2) is 53.1 Å². The van der Waals surface area contributed by atoms with Crippen LogP contribution in [0.2, 0.25) is 0 Å². The molecule has 4 heteroatoms. The Morgan fingerprint density at radius 1 is 1.24 bits per heavy atom. The number of isothiocyanates is 1. The molecular formula is C13H10BrN2S+. The molecule has 0 aliphatic rings. The quantitative estimate of drug-likeness (QED) is 0.487. The highest BCUT2D eigenvalue weighted by Crippen LogP contribution is 2.19. The lowest BCUT2D eigenvalue weighted by molar-refractivity contribution is -0.450. The summed E-state index contributed by atoms with van der Waals surface area (Å²) in [6.45, 7) is 0.626. The van der Waals surface area contributed by atoms with Gasteiger partial charge in [-0.25, -0.2) is 0 Å². The van der Waals surface area contributed by atoms with Crippen molar-refractivity contribution in [1.29, 1.82) is 0 Å². The first kappa shape index (κ1) is 12.1. The van der Waals surface area contributed by atoms with Crippen molar-refractivity contribution in [2.75, 3.05) is 0 Å². The highest BCUT2D eigenvalue weighted by atomic mass is 79.9. The first-order valence-corrected chi connectivity index (χ1v) is 6.30. The third-order valence-electron chi connectivity index (χ3n) is 2.28. The number of benzene rings is 1. The van der Waals surface area contributed by atoms with Gasteiger partial charge in [0.15, 0.2) is 0 Å². The third-order valence-corrected chi connectivity index (χ3v) is 2.99. The van der Waals surface area contributed by atoms with E-state index >= 15 is 0 Å². The smallest absolute Gasteiger partial charge is 0.255 e. The first-order chi connectivity index (χ1) is 8.29. The summed E-state index contributed by atoms with van der Waals surface area (Å²) in [4.78, 5) is 4.27. The van der Waals surface area contributed by atoms with Gasteiger partial charge in [-0.2, -0.15) is 0 Å². The van der Waals surface area contributed by atoms with Crippen LogP contribution < -0.4 is 0 Å². The molecular weight excluding hydrogens is 296 g/mol. The number of hydrogen-bond donors (Lipinski definition) is 0. The van der Waals surface area contributed by atoms with Crippen LogP contribution in [0.3, 0.4) is 0 Å². The number of nitrogens with zero attached hydrogens (tertiary/aromatic N) is 2. The van der Waals surface area contributed by atoms with Crippen LogP contribution in [-0.2, 0) is 6.54 Å². The van der Waals surface area contributed by atoms with E-state index in [0.717, 1.165) is 15.9 Å². The molecule has 2 nitrogen and oxygen atoms in total. The van der Waals surface area contributed by atoms with Crippen LogP contribution in [-0.4, -0.2) is 14.7 Å². The lowest BCUT2D eigenvalue weighted by Gasteiger charge is -1.99. The molecule has 0 saturated carbocycles. The third kappa shape index (κ3) is 3.30. The summed E-state index contributed by atoms with van der Waals surface area (Å²) in [7, 11) is 0. The van der Waals surface area contributed by atoms with Crippen LogP contribution in [0, 0.1) is 0 Å². The van der Waals surface area contributed by atoms with Crippen molar-refractivity contribution in [1.82, 2.24) is 4.98 Å². The summed E-state index contributed by atoms with van der Waals surface area (Å²) in [6.07, 6.45) is 1.78. The van der Waals surface area contributed by atoms with Gasteiger partial charge in [-0.1, -0.05) is 28.1 Å². The van der Waals surface area contributed by atoms with Gasteiger partial charge in [0.2, 0.25) is 12.2 Å². The highest BCUT2D eigenvalue weighted by Gasteiger charge is 2.10. The molecule has 1 aromatic carbocycles. The Labute approximate surface area is 114 Å². The van der Waals surface area contributed by atoms with Crippen molar-refractivity contribution < 1.29 is 4.58 Å². The van der Waals surface area contributed by atoms with Gasteiger partial charge in [-0.3, -0.25) is 4.98 Å². The molecule has 2 rings (SSSR count). The first-order valence-electron chi connectivity index (χ1n) is 5.10. The van der Waals surface area contributed by atoms with E-state index in [4.69, 9.17) is 12.2 Å². The van der Waals surface area contributed by atoms with Crippen molar-refractivity contribution in [3.05, 3.63) is 58.8 Å². The minimum atomic E-state index is 0.626. The van der Waals surface area contributed by atoms with Gasteiger partial charge >= 0.3 is 0 Å². The lowest BCUT2D eigenvalue weighted by Crippen LogP contribution is -2.04. The second-order valence-corrected chi connectivity index (χ2v) is 4.58. The molecule has 0 spiro atoms. The Balaban J connectivity index is 2.27. The average molecular weight is 306 g/mol. The van der Waals surface area contributed by atoms with Gasteiger partial charge in [-0.05, 0) is 18.2 Å². The van der Waals surface area contributed by atoms with E-state index in [0.29, 0.717) is 6.54 Å². The van der Waals surface area contributed by atoms with Crippen LogP contribution in [0.1, 0.15) is 5.69 Å². The molecule has 0 fully saturated rings. The number of halogens is 1. The average Bonchev–Trinajstić information content (AvgIpc) is 2.37. The summed E-state index contributed by atoms with van der Waals surface area (Å²) < 4.78 is 2.88. The van der Waals surface area contributed by atoms with Gasteiger partial charge in [0.05, 0.1) is 0 Å². The molecule has 1 aromatic heterocycles. The summed E-state index contributed by atoms with van der Waals surface area (Å²) in [5, 5.41) is 2.75. The maximum atomic E-state index is 4.93. The SMILES string of the molecule is S=C=[N+](Cc1ccccn1)c1cccc(Br)c1. The van der Waals surface area contributed by atoms with Crippen LogP contribution >= 0.6 is 28.1 Å². The van der Waals surface area contributed by atoms with Crippen molar-refractivity contribution in [2.24, 2.45) is 0 Å². The number of rotatable bonds is 3. The van der Waals surface area contributed by atoms with E-state index < -0.39 is 0 Å².